The van der Waals surface area contributed by atoms with Crippen LogP contribution in [0.4, 0.5) is 0 Å². The van der Waals surface area contributed by atoms with E-state index < -0.39 is 11.4 Å². The third-order valence-corrected chi connectivity index (χ3v) is 4.82. The summed E-state index contributed by atoms with van der Waals surface area (Å²) in [4.78, 5) is 25.5. The highest BCUT2D eigenvalue weighted by atomic mass is 16.4. The summed E-state index contributed by atoms with van der Waals surface area (Å²) >= 11 is 0. The van der Waals surface area contributed by atoms with Crippen molar-refractivity contribution in [2.45, 2.75) is 71.3 Å². The van der Waals surface area contributed by atoms with Crippen LogP contribution in [0.3, 0.4) is 0 Å². The number of carboxylic acids is 1. The lowest BCUT2D eigenvalue weighted by atomic mass is 9.85. The molecule has 0 aromatic carbocycles. The van der Waals surface area contributed by atoms with Crippen molar-refractivity contribution in [2.24, 2.45) is 11.3 Å². The number of likely N-dealkylation sites (tertiary alicyclic amines) is 1. The van der Waals surface area contributed by atoms with Gasteiger partial charge in [0, 0.05) is 19.0 Å². The molecule has 20 heavy (non-hydrogen) atoms. The van der Waals surface area contributed by atoms with Gasteiger partial charge in [0.25, 0.3) is 0 Å². The highest BCUT2D eigenvalue weighted by Crippen LogP contribution is 2.37. The predicted octanol–water partition coefficient (Wildman–Crippen LogP) is 3.06. The van der Waals surface area contributed by atoms with Crippen LogP contribution in [0.25, 0.3) is 0 Å². The lowest BCUT2D eigenvalue weighted by molar-refractivity contribution is -0.141. The van der Waals surface area contributed by atoms with E-state index in [4.69, 9.17) is 5.11 Å². The van der Waals surface area contributed by atoms with Gasteiger partial charge in [-0.3, -0.25) is 9.59 Å². The standard InChI is InChI=1S/C16H27NO3/c1-16(2,11-15(19)20)10-14(18)17-9-5-8-13(17)12-6-3-4-7-12/h12-13H,3-11H2,1-2H3,(H,19,20). The zero-order valence-corrected chi connectivity index (χ0v) is 12.7. The van der Waals surface area contributed by atoms with E-state index in [0.717, 1.165) is 19.4 Å². The first-order chi connectivity index (χ1) is 9.39. The molecule has 1 aliphatic heterocycles. The van der Waals surface area contributed by atoms with Gasteiger partial charge in [0.1, 0.15) is 0 Å². The summed E-state index contributed by atoms with van der Waals surface area (Å²) in [6.45, 7) is 4.61. The number of rotatable bonds is 5. The van der Waals surface area contributed by atoms with Gasteiger partial charge < -0.3 is 10.0 Å². The Hall–Kier alpha value is -1.06. The molecule has 1 heterocycles. The molecule has 1 saturated carbocycles. The van der Waals surface area contributed by atoms with E-state index in [-0.39, 0.29) is 12.3 Å². The molecule has 1 N–H and O–H groups in total. The summed E-state index contributed by atoms with van der Waals surface area (Å²) in [7, 11) is 0. The van der Waals surface area contributed by atoms with Crippen molar-refractivity contribution < 1.29 is 14.7 Å². The van der Waals surface area contributed by atoms with Gasteiger partial charge in [-0.25, -0.2) is 0 Å². The molecule has 0 aromatic heterocycles. The molecular formula is C16H27NO3. The minimum Gasteiger partial charge on any atom is -0.481 e. The second-order valence-corrected chi connectivity index (χ2v) is 7.25. The number of carbonyl (C=O) groups is 2. The second-order valence-electron chi connectivity index (χ2n) is 7.25. The van der Waals surface area contributed by atoms with Crippen LogP contribution in [0.2, 0.25) is 0 Å². The number of hydrogen-bond acceptors (Lipinski definition) is 2. The van der Waals surface area contributed by atoms with E-state index in [9.17, 15) is 9.59 Å². The van der Waals surface area contributed by atoms with Crippen molar-refractivity contribution in [3.05, 3.63) is 0 Å². The van der Waals surface area contributed by atoms with Crippen LogP contribution in [0.15, 0.2) is 0 Å². The topological polar surface area (TPSA) is 57.6 Å². The number of amides is 1. The second kappa shape index (κ2) is 6.15. The van der Waals surface area contributed by atoms with E-state index >= 15 is 0 Å². The zero-order chi connectivity index (χ0) is 14.8. The lowest BCUT2D eigenvalue weighted by Crippen LogP contribution is -2.41. The maximum absolute atomic E-state index is 12.5. The quantitative estimate of drug-likeness (QED) is 0.842. The smallest absolute Gasteiger partial charge is 0.303 e. The van der Waals surface area contributed by atoms with Crippen molar-refractivity contribution in [1.82, 2.24) is 4.90 Å². The van der Waals surface area contributed by atoms with E-state index in [0.29, 0.717) is 18.4 Å². The SMILES string of the molecule is CC(C)(CC(=O)O)CC(=O)N1CCCC1C1CCCC1. The number of carbonyl (C=O) groups excluding carboxylic acids is 1. The molecule has 1 unspecified atom stereocenters. The third kappa shape index (κ3) is 3.74. The molecule has 1 aliphatic carbocycles. The van der Waals surface area contributed by atoms with Crippen LogP contribution < -0.4 is 0 Å². The Morgan fingerprint density at radius 3 is 2.35 bits per heavy atom. The fourth-order valence-electron chi connectivity index (χ4n) is 3.92. The van der Waals surface area contributed by atoms with Gasteiger partial charge in [0.15, 0.2) is 0 Å². The summed E-state index contributed by atoms with van der Waals surface area (Å²) in [5.74, 6) is 0.0197. The Morgan fingerprint density at radius 1 is 1.10 bits per heavy atom. The molecule has 1 amide bonds. The fraction of sp³-hybridized carbons (Fsp3) is 0.875. The Labute approximate surface area is 121 Å². The molecule has 1 atom stereocenters. The number of hydrogen-bond donors (Lipinski definition) is 1. The summed E-state index contributed by atoms with van der Waals surface area (Å²) in [6.07, 6.45) is 7.76. The van der Waals surface area contributed by atoms with Crippen LogP contribution in [0.5, 0.6) is 0 Å². The molecule has 2 rings (SSSR count). The average molecular weight is 281 g/mol. The molecule has 0 bridgehead atoms. The summed E-state index contributed by atoms with van der Waals surface area (Å²) in [5, 5.41) is 8.93. The predicted molar refractivity (Wildman–Crippen MR) is 77.3 cm³/mol. The Morgan fingerprint density at radius 2 is 1.75 bits per heavy atom. The highest BCUT2D eigenvalue weighted by Gasteiger charge is 2.37. The molecule has 2 aliphatic rings. The molecule has 1 saturated heterocycles. The number of carboxylic acid groups (broad SMARTS) is 1. The first-order valence-electron chi connectivity index (χ1n) is 7.90. The fourth-order valence-corrected chi connectivity index (χ4v) is 3.92. The maximum atomic E-state index is 12.5. The Balaban J connectivity index is 1.95. The molecule has 0 aromatic rings. The van der Waals surface area contributed by atoms with Crippen LogP contribution in [-0.2, 0) is 9.59 Å². The van der Waals surface area contributed by atoms with Gasteiger partial charge in [-0.1, -0.05) is 26.7 Å². The van der Waals surface area contributed by atoms with Crippen LogP contribution in [-0.4, -0.2) is 34.5 Å². The van der Waals surface area contributed by atoms with Gasteiger partial charge in [-0.15, -0.1) is 0 Å². The summed E-state index contributed by atoms with van der Waals surface area (Å²) in [5.41, 5.74) is -0.453. The van der Waals surface area contributed by atoms with Crippen LogP contribution in [0.1, 0.15) is 65.2 Å². The normalized spacial score (nSPS) is 24.3. The number of aliphatic carboxylic acids is 1. The van der Waals surface area contributed by atoms with E-state index in [1.165, 1.54) is 25.7 Å². The van der Waals surface area contributed by atoms with Crippen molar-refractivity contribution in [3.63, 3.8) is 0 Å². The van der Waals surface area contributed by atoms with E-state index in [1.807, 2.05) is 13.8 Å². The minimum atomic E-state index is -0.823. The zero-order valence-electron chi connectivity index (χ0n) is 12.7. The maximum Gasteiger partial charge on any atom is 0.303 e. The molecule has 4 nitrogen and oxygen atoms in total. The van der Waals surface area contributed by atoms with Gasteiger partial charge in [0.2, 0.25) is 5.91 Å². The molecule has 114 valence electrons. The van der Waals surface area contributed by atoms with Gasteiger partial charge in [-0.2, -0.15) is 0 Å². The number of nitrogens with zero attached hydrogens (tertiary/aromatic N) is 1. The lowest BCUT2D eigenvalue weighted by Gasteiger charge is -2.32. The molecule has 2 fully saturated rings. The third-order valence-electron chi connectivity index (χ3n) is 4.82. The molecule has 0 spiro atoms. The van der Waals surface area contributed by atoms with Crippen molar-refractivity contribution in [3.8, 4) is 0 Å². The van der Waals surface area contributed by atoms with Crippen molar-refractivity contribution >= 4 is 11.9 Å². The van der Waals surface area contributed by atoms with E-state index in [2.05, 4.69) is 4.90 Å². The van der Waals surface area contributed by atoms with E-state index in [1.54, 1.807) is 0 Å². The Bertz CT molecular complexity index is 372. The van der Waals surface area contributed by atoms with Crippen molar-refractivity contribution in [1.29, 1.82) is 0 Å². The monoisotopic (exact) mass is 281 g/mol. The molecular weight excluding hydrogens is 254 g/mol. The first kappa shape index (κ1) is 15.3. The molecule has 0 radical (unpaired) electrons. The van der Waals surface area contributed by atoms with Gasteiger partial charge in [0.05, 0.1) is 6.42 Å². The van der Waals surface area contributed by atoms with Crippen LogP contribution >= 0.6 is 0 Å². The average Bonchev–Trinajstić information content (AvgIpc) is 2.97. The minimum absolute atomic E-state index is 0.0562. The first-order valence-corrected chi connectivity index (χ1v) is 7.90. The Kier molecular flexibility index (Phi) is 4.71. The largest absolute Gasteiger partial charge is 0.481 e. The molecule has 4 heteroatoms. The van der Waals surface area contributed by atoms with Crippen LogP contribution in [0, 0.1) is 11.3 Å². The van der Waals surface area contributed by atoms with Gasteiger partial charge >= 0.3 is 5.97 Å². The summed E-state index contributed by atoms with van der Waals surface area (Å²) in [6, 6.07) is 0.422. The van der Waals surface area contributed by atoms with Crippen molar-refractivity contribution in [2.75, 3.05) is 6.54 Å². The summed E-state index contributed by atoms with van der Waals surface area (Å²) < 4.78 is 0. The highest BCUT2D eigenvalue weighted by molar-refractivity contribution is 5.78. The van der Waals surface area contributed by atoms with Gasteiger partial charge in [-0.05, 0) is 37.0 Å².